The second kappa shape index (κ2) is 5.54. The molecule has 1 rings (SSSR count). The molecule has 0 amide bonds. The molecule has 0 aromatic heterocycles. The zero-order chi connectivity index (χ0) is 11.3. The molecule has 0 saturated heterocycles. The van der Waals surface area contributed by atoms with Crippen molar-refractivity contribution in [2.45, 2.75) is 27.2 Å². The number of ether oxygens (including phenoxy) is 1. The van der Waals surface area contributed by atoms with Crippen LogP contribution in [0.5, 0.6) is 0 Å². The van der Waals surface area contributed by atoms with Crippen molar-refractivity contribution in [1.29, 1.82) is 5.41 Å². The van der Waals surface area contributed by atoms with E-state index in [0.717, 1.165) is 12.0 Å². The number of benzene rings is 1. The highest BCUT2D eigenvalue weighted by molar-refractivity contribution is 5.91. The summed E-state index contributed by atoms with van der Waals surface area (Å²) in [6, 6.07) is 8.05. The Balaban J connectivity index is 2.67. The van der Waals surface area contributed by atoms with Gasteiger partial charge in [-0.05, 0) is 37.0 Å². The van der Waals surface area contributed by atoms with E-state index in [-0.39, 0.29) is 5.90 Å². The van der Waals surface area contributed by atoms with Crippen LogP contribution in [0.4, 0.5) is 0 Å². The molecule has 0 aliphatic heterocycles. The minimum Gasteiger partial charge on any atom is -0.478 e. The van der Waals surface area contributed by atoms with E-state index in [1.54, 1.807) is 0 Å². The van der Waals surface area contributed by atoms with Crippen molar-refractivity contribution in [2.24, 2.45) is 5.92 Å². The van der Waals surface area contributed by atoms with E-state index < -0.39 is 0 Å². The van der Waals surface area contributed by atoms with E-state index in [4.69, 9.17) is 10.1 Å². The lowest BCUT2D eigenvalue weighted by atomic mass is 10.0. The summed E-state index contributed by atoms with van der Waals surface area (Å²) < 4.78 is 5.13. The lowest BCUT2D eigenvalue weighted by Gasteiger charge is -2.07. The SMILES string of the molecule is CCOC(=N)c1ccc(CC(C)C)cc1. The van der Waals surface area contributed by atoms with E-state index >= 15 is 0 Å². The van der Waals surface area contributed by atoms with Gasteiger partial charge in [-0.2, -0.15) is 0 Å². The molecule has 82 valence electrons. The quantitative estimate of drug-likeness (QED) is 0.594. The van der Waals surface area contributed by atoms with E-state index in [1.807, 2.05) is 19.1 Å². The van der Waals surface area contributed by atoms with E-state index in [2.05, 4.69) is 26.0 Å². The van der Waals surface area contributed by atoms with Gasteiger partial charge in [0.2, 0.25) is 5.90 Å². The predicted molar refractivity (Wildman–Crippen MR) is 63.4 cm³/mol. The monoisotopic (exact) mass is 205 g/mol. The van der Waals surface area contributed by atoms with Crippen molar-refractivity contribution in [3.05, 3.63) is 35.4 Å². The second-order valence-corrected chi connectivity index (χ2v) is 4.06. The van der Waals surface area contributed by atoms with Crippen molar-refractivity contribution >= 4 is 5.90 Å². The molecule has 0 bridgehead atoms. The van der Waals surface area contributed by atoms with E-state index in [9.17, 15) is 0 Å². The number of rotatable bonds is 4. The third-order valence-corrected chi connectivity index (χ3v) is 2.15. The van der Waals surface area contributed by atoms with Crippen LogP contribution in [0.2, 0.25) is 0 Å². The molecule has 0 fully saturated rings. The maximum Gasteiger partial charge on any atom is 0.213 e. The first kappa shape index (κ1) is 11.8. The molecular formula is C13H19NO. The van der Waals surface area contributed by atoms with Gasteiger partial charge in [-0.3, -0.25) is 5.41 Å². The molecule has 2 heteroatoms. The summed E-state index contributed by atoms with van der Waals surface area (Å²) >= 11 is 0. The molecule has 0 atom stereocenters. The number of hydrogen-bond acceptors (Lipinski definition) is 2. The Morgan fingerprint density at radius 2 is 1.87 bits per heavy atom. The van der Waals surface area contributed by atoms with Gasteiger partial charge in [-0.1, -0.05) is 26.0 Å². The predicted octanol–water partition coefficient (Wildman–Crippen LogP) is 3.25. The van der Waals surface area contributed by atoms with Crippen LogP contribution in [0.1, 0.15) is 31.9 Å². The summed E-state index contributed by atoms with van der Waals surface area (Å²) in [6.45, 7) is 6.85. The molecule has 1 aromatic rings. The smallest absolute Gasteiger partial charge is 0.213 e. The zero-order valence-electron chi connectivity index (χ0n) is 9.71. The Hall–Kier alpha value is -1.31. The lowest BCUT2D eigenvalue weighted by Crippen LogP contribution is -2.04. The molecule has 0 aliphatic carbocycles. The Bertz CT molecular complexity index is 314. The Morgan fingerprint density at radius 3 is 2.33 bits per heavy atom. The molecule has 15 heavy (non-hydrogen) atoms. The maximum absolute atomic E-state index is 7.62. The summed E-state index contributed by atoms with van der Waals surface area (Å²) in [4.78, 5) is 0. The molecule has 0 heterocycles. The summed E-state index contributed by atoms with van der Waals surface area (Å²) in [5.41, 5.74) is 2.17. The molecule has 0 spiro atoms. The van der Waals surface area contributed by atoms with Gasteiger partial charge in [0.25, 0.3) is 0 Å². The third-order valence-electron chi connectivity index (χ3n) is 2.15. The molecule has 0 saturated carbocycles. The topological polar surface area (TPSA) is 33.1 Å². The van der Waals surface area contributed by atoms with Crippen LogP contribution >= 0.6 is 0 Å². The Kier molecular flexibility index (Phi) is 4.35. The molecule has 1 aromatic carbocycles. The fourth-order valence-corrected chi connectivity index (χ4v) is 1.49. The average molecular weight is 205 g/mol. The van der Waals surface area contributed by atoms with Crippen LogP contribution < -0.4 is 0 Å². The van der Waals surface area contributed by atoms with Crippen LogP contribution in [0.3, 0.4) is 0 Å². The van der Waals surface area contributed by atoms with E-state index in [0.29, 0.717) is 12.5 Å². The Morgan fingerprint density at radius 1 is 1.27 bits per heavy atom. The van der Waals surface area contributed by atoms with Gasteiger partial charge >= 0.3 is 0 Å². The summed E-state index contributed by atoms with van der Waals surface area (Å²) in [7, 11) is 0. The maximum atomic E-state index is 7.62. The zero-order valence-corrected chi connectivity index (χ0v) is 9.71. The summed E-state index contributed by atoms with van der Waals surface area (Å²) in [5.74, 6) is 0.927. The van der Waals surface area contributed by atoms with Crippen LogP contribution in [0.15, 0.2) is 24.3 Å². The summed E-state index contributed by atoms with van der Waals surface area (Å²) in [5, 5.41) is 7.62. The van der Waals surface area contributed by atoms with E-state index in [1.165, 1.54) is 5.56 Å². The first-order valence-electron chi connectivity index (χ1n) is 5.44. The van der Waals surface area contributed by atoms with Crippen molar-refractivity contribution in [2.75, 3.05) is 6.61 Å². The van der Waals surface area contributed by atoms with Gasteiger partial charge in [0.15, 0.2) is 0 Å². The molecular weight excluding hydrogens is 186 g/mol. The van der Waals surface area contributed by atoms with Crippen LogP contribution in [0, 0.1) is 11.3 Å². The van der Waals surface area contributed by atoms with Gasteiger partial charge in [-0.15, -0.1) is 0 Å². The summed E-state index contributed by atoms with van der Waals surface area (Å²) in [6.07, 6.45) is 1.09. The van der Waals surface area contributed by atoms with Crippen LogP contribution in [-0.4, -0.2) is 12.5 Å². The van der Waals surface area contributed by atoms with Crippen molar-refractivity contribution in [1.82, 2.24) is 0 Å². The number of nitrogens with one attached hydrogen (secondary N) is 1. The minimum absolute atomic E-state index is 0.258. The highest BCUT2D eigenvalue weighted by Gasteiger charge is 2.02. The molecule has 1 N–H and O–H groups in total. The largest absolute Gasteiger partial charge is 0.478 e. The minimum atomic E-state index is 0.258. The Labute approximate surface area is 91.8 Å². The fraction of sp³-hybridized carbons (Fsp3) is 0.462. The van der Waals surface area contributed by atoms with Crippen molar-refractivity contribution < 1.29 is 4.74 Å². The highest BCUT2D eigenvalue weighted by Crippen LogP contribution is 2.10. The second-order valence-electron chi connectivity index (χ2n) is 4.06. The molecule has 0 radical (unpaired) electrons. The van der Waals surface area contributed by atoms with Crippen LogP contribution in [0.25, 0.3) is 0 Å². The lowest BCUT2D eigenvalue weighted by molar-refractivity contribution is 0.325. The number of hydrogen-bond donors (Lipinski definition) is 1. The fourth-order valence-electron chi connectivity index (χ4n) is 1.49. The van der Waals surface area contributed by atoms with Gasteiger partial charge < -0.3 is 4.74 Å². The third kappa shape index (κ3) is 3.74. The normalized spacial score (nSPS) is 10.4. The van der Waals surface area contributed by atoms with Gasteiger partial charge in [-0.25, -0.2) is 0 Å². The first-order chi connectivity index (χ1) is 7.13. The average Bonchev–Trinajstić information content (AvgIpc) is 2.18. The van der Waals surface area contributed by atoms with Crippen molar-refractivity contribution in [3.63, 3.8) is 0 Å². The highest BCUT2D eigenvalue weighted by atomic mass is 16.5. The molecule has 2 nitrogen and oxygen atoms in total. The van der Waals surface area contributed by atoms with Gasteiger partial charge in [0.1, 0.15) is 0 Å². The standard InChI is InChI=1S/C13H19NO/c1-4-15-13(14)12-7-5-11(6-8-12)9-10(2)3/h5-8,10,14H,4,9H2,1-3H3. The van der Waals surface area contributed by atoms with Crippen molar-refractivity contribution in [3.8, 4) is 0 Å². The van der Waals surface area contributed by atoms with Crippen LogP contribution in [-0.2, 0) is 11.2 Å². The molecule has 0 aliphatic rings. The van der Waals surface area contributed by atoms with Gasteiger partial charge in [0.05, 0.1) is 6.61 Å². The molecule has 0 unspecified atom stereocenters. The first-order valence-corrected chi connectivity index (χ1v) is 5.44. The van der Waals surface area contributed by atoms with Gasteiger partial charge in [0, 0.05) is 5.56 Å².